The smallest absolute Gasteiger partial charge is 0.0770 e. The molecule has 0 spiro atoms. The molecular formula is C10H20O. The van der Waals surface area contributed by atoms with Gasteiger partial charge in [-0.15, -0.1) is 0 Å². The zero-order valence-electron chi connectivity index (χ0n) is 7.93. The lowest BCUT2D eigenvalue weighted by atomic mass is 9.96. The van der Waals surface area contributed by atoms with Gasteiger partial charge in [0, 0.05) is 0 Å². The maximum Gasteiger partial charge on any atom is 0.0770 e. The van der Waals surface area contributed by atoms with Crippen LogP contribution in [0.2, 0.25) is 0 Å². The van der Waals surface area contributed by atoms with Crippen LogP contribution in [0, 0.1) is 5.92 Å². The normalized spacial score (nSPS) is 13.5. The summed E-state index contributed by atoms with van der Waals surface area (Å²) in [4.78, 5) is 0. The van der Waals surface area contributed by atoms with E-state index in [-0.39, 0.29) is 6.10 Å². The highest BCUT2D eigenvalue weighted by Crippen LogP contribution is 2.15. The van der Waals surface area contributed by atoms with E-state index in [2.05, 4.69) is 13.5 Å². The van der Waals surface area contributed by atoms with Gasteiger partial charge >= 0.3 is 0 Å². The van der Waals surface area contributed by atoms with Gasteiger partial charge in [0.2, 0.25) is 0 Å². The first-order valence-electron chi connectivity index (χ1n) is 4.45. The maximum absolute atomic E-state index is 9.52. The SMILES string of the molecule is C=C(CCCC)C(O)C(C)C. The van der Waals surface area contributed by atoms with Crippen LogP contribution in [-0.2, 0) is 0 Å². The standard InChI is InChI=1S/C10H20O/c1-5-6-7-9(4)10(11)8(2)3/h8,10-11H,4-7H2,1-3H3. The van der Waals surface area contributed by atoms with Gasteiger partial charge < -0.3 is 5.11 Å². The summed E-state index contributed by atoms with van der Waals surface area (Å²) < 4.78 is 0. The third-order valence-corrected chi connectivity index (χ3v) is 1.90. The lowest BCUT2D eigenvalue weighted by Gasteiger charge is -2.16. The molecule has 0 aromatic carbocycles. The van der Waals surface area contributed by atoms with Crippen molar-refractivity contribution in [2.45, 2.75) is 46.1 Å². The molecular weight excluding hydrogens is 136 g/mol. The second-order valence-corrected chi connectivity index (χ2v) is 3.45. The van der Waals surface area contributed by atoms with Crippen LogP contribution in [0.4, 0.5) is 0 Å². The van der Waals surface area contributed by atoms with Crippen molar-refractivity contribution in [3.05, 3.63) is 12.2 Å². The van der Waals surface area contributed by atoms with E-state index in [9.17, 15) is 5.11 Å². The molecule has 0 aliphatic heterocycles. The van der Waals surface area contributed by atoms with Gasteiger partial charge in [0.05, 0.1) is 6.10 Å². The van der Waals surface area contributed by atoms with E-state index in [4.69, 9.17) is 0 Å². The van der Waals surface area contributed by atoms with E-state index < -0.39 is 0 Å². The minimum atomic E-state index is -0.304. The Kier molecular flexibility index (Phi) is 5.22. The number of rotatable bonds is 5. The van der Waals surface area contributed by atoms with E-state index in [0.717, 1.165) is 18.4 Å². The first-order valence-corrected chi connectivity index (χ1v) is 4.45. The van der Waals surface area contributed by atoms with Crippen LogP contribution in [0.5, 0.6) is 0 Å². The summed E-state index contributed by atoms with van der Waals surface area (Å²) in [6, 6.07) is 0. The first kappa shape index (κ1) is 10.7. The maximum atomic E-state index is 9.52. The molecule has 0 amide bonds. The Labute approximate surface area is 70.1 Å². The Morgan fingerprint density at radius 3 is 2.36 bits per heavy atom. The summed E-state index contributed by atoms with van der Waals surface area (Å²) in [5.74, 6) is 0.305. The van der Waals surface area contributed by atoms with Crippen molar-refractivity contribution in [2.24, 2.45) is 5.92 Å². The van der Waals surface area contributed by atoms with Crippen molar-refractivity contribution in [2.75, 3.05) is 0 Å². The molecule has 0 saturated carbocycles. The Morgan fingerprint density at radius 2 is 2.00 bits per heavy atom. The number of hydrogen-bond acceptors (Lipinski definition) is 1. The highest BCUT2D eigenvalue weighted by atomic mass is 16.3. The Morgan fingerprint density at radius 1 is 1.45 bits per heavy atom. The van der Waals surface area contributed by atoms with E-state index in [0.29, 0.717) is 5.92 Å². The zero-order valence-corrected chi connectivity index (χ0v) is 7.93. The fourth-order valence-corrected chi connectivity index (χ4v) is 1.02. The summed E-state index contributed by atoms with van der Waals surface area (Å²) in [6.07, 6.45) is 2.98. The average Bonchev–Trinajstić information content (AvgIpc) is 1.98. The van der Waals surface area contributed by atoms with Crippen LogP contribution in [0.25, 0.3) is 0 Å². The molecule has 0 heterocycles. The quantitative estimate of drug-likeness (QED) is 0.607. The summed E-state index contributed by atoms with van der Waals surface area (Å²) in [5.41, 5.74) is 0.988. The first-order chi connectivity index (χ1) is 5.09. The summed E-state index contributed by atoms with van der Waals surface area (Å²) in [5, 5.41) is 9.52. The van der Waals surface area contributed by atoms with Crippen LogP contribution in [0.3, 0.4) is 0 Å². The zero-order chi connectivity index (χ0) is 8.85. The summed E-state index contributed by atoms with van der Waals surface area (Å²) in [7, 11) is 0. The van der Waals surface area contributed by atoms with Crippen molar-refractivity contribution in [3.63, 3.8) is 0 Å². The second-order valence-electron chi connectivity index (χ2n) is 3.45. The Bertz CT molecular complexity index is 116. The van der Waals surface area contributed by atoms with Gasteiger partial charge in [-0.2, -0.15) is 0 Å². The third-order valence-electron chi connectivity index (χ3n) is 1.90. The fourth-order valence-electron chi connectivity index (χ4n) is 1.02. The predicted octanol–water partition coefficient (Wildman–Crippen LogP) is 2.75. The summed E-state index contributed by atoms with van der Waals surface area (Å²) >= 11 is 0. The molecule has 66 valence electrons. The molecule has 0 aromatic rings. The van der Waals surface area contributed by atoms with Crippen LogP contribution in [0.1, 0.15) is 40.0 Å². The van der Waals surface area contributed by atoms with Crippen LogP contribution in [-0.4, -0.2) is 11.2 Å². The van der Waals surface area contributed by atoms with E-state index >= 15 is 0 Å². The van der Waals surface area contributed by atoms with Gasteiger partial charge in [0.25, 0.3) is 0 Å². The predicted molar refractivity (Wildman–Crippen MR) is 49.5 cm³/mol. The molecule has 0 aliphatic rings. The van der Waals surface area contributed by atoms with Gasteiger partial charge in [-0.25, -0.2) is 0 Å². The lowest BCUT2D eigenvalue weighted by Crippen LogP contribution is -2.16. The third kappa shape index (κ3) is 4.20. The van der Waals surface area contributed by atoms with Gasteiger partial charge in [-0.05, 0) is 24.3 Å². The van der Waals surface area contributed by atoms with Gasteiger partial charge in [0.1, 0.15) is 0 Å². The minimum absolute atomic E-state index is 0.304. The lowest BCUT2D eigenvalue weighted by molar-refractivity contribution is 0.156. The molecule has 0 bridgehead atoms. The molecule has 1 nitrogen and oxygen atoms in total. The minimum Gasteiger partial charge on any atom is -0.389 e. The number of hydrogen-bond donors (Lipinski definition) is 1. The molecule has 11 heavy (non-hydrogen) atoms. The van der Waals surface area contributed by atoms with Gasteiger partial charge in [-0.3, -0.25) is 0 Å². The van der Waals surface area contributed by atoms with Crippen LogP contribution >= 0.6 is 0 Å². The van der Waals surface area contributed by atoms with E-state index in [1.54, 1.807) is 0 Å². The Balaban J connectivity index is 3.64. The molecule has 1 unspecified atom stereocenters. The highest BCUT2D eigenvalue weighted by molar-refractivity contribution is 5.02. The van der Waals surface area contributed by atoms with Gasteiger partial charge in [0.15, 0.2) is 0 Å². The summed E-state index contributed by atoms with van der Waals surface area (Å²) in [6.45, 7) is 10.0. The van der Waals surface area contributed by atoms with E-state index in [1.807, 2.05) is 13.8 Å². The van der Waals surface area contributed by atoms with Crippen LogP contribution < -0.4 is 0 Å². The van der Waals surface area contributed by atoms with Crippen molar-refractivity contribution in [3.8, 4) is 0 Å². The second kappa shape index (κ2) is 5.36. The van der Waals surface area contributed by atoms with E-state index in [1.165, 1.54) is 6.42 Å². The number of aliphatic hydroxyl groups excluding tert-OH is 1. The van der Waals surface area contributed by atoms with Crippen molar-refractivity contribution in [1.29, 1.82) is 0 Å². The number of unbranched alkanes of at least 4 members (excludes halogenated alkanes) is 1. The molecule has 0 aromatic heterocycles. The average molecular weight is 156 g/mol. The van der Waals surface area contributed by atoms with Crippen LogP contribution in [0.15, 0.2) is 12.2 Å². The largest absolute Gasteiger partial charge is 0.389 e. The Hall–Kier alpha value is -0.300. The molecule has 0 saturated heterocycles. The molecule has 1 atom stereocenters. The van der Waals surface area contributed by atoms with Crippen molar-refractivity contribution >= 4 is 0 Å². The molecule has 0 rings (SSSR count). The monoisotopic (exact) mass is 156 g/mol. The fraction of sp³-hybridized carbons (Fsp3) is 0.800. The molecule has 0 radical (unpaired) electrons. The topological polar surface area (TPSA) is 20.2 Å². The van der Waals surface area contributed by atoms with Crippen molar-refractivity contribution < 1.29 is 5.11 Å². The highest BCUT2D eigenvalue weighted by Gasteiger charge is 2.11. The number of aliphatic hydroxyl groups is 1. The van der Waals surface area contributed by atoms with Gasteiger partial charge in [-0.1, -0.05) is 33.8 Å². The van der Waals surface area contributed by atoms with Crippen molar-refractivity contribution in [1.82, 2.24) is 0 Å². The molecule has 0 aliphatic carbocycles. The molecule has 0 fully saturated rings. The molecule has 1 heteroatoms. The molecule has 1 N–H and O–H groups in total.